The van der Waals surface area contributed by atoms with Gasteiger partial charge in [0.15, 0.2) is 0 Å². The van der Waals surface area contributed by atoms with Gasteiger partial charge in [0.25, 0.3) is 0 Å². The van der Waals surface area contributed by atoms with E-state index in [1.807, 2.05) is 0 Å². The zero-order valence-electron chi connectivity index (χ0n) is 7.04. The van der Waals surface area contributed by atoms with Gasteiger partial charge in [-0.2, -0.15) is 0 Å². The fraction of sp³-hybridized carbons (Fsp3) is 0.500. The molecular weight excluding hydrogens is 158 g/mol. The number of rotatable bonds is 6. The molecule has 0 amide bonds. The molecule has 0 saturated heterocycles. The van der Waals surface area contributed by atoms with Gasteiger partial charge in [-0.1, -0.05) is 6.58 Å². The van der Waals surface area contributed by atoms with Gasteiger partial charge >= 0.3 is 5.97 Å². The first-order valence-corrected chi connectivity index (χ1v) is 3.66. The maximum Gasteiger partial charge on any atom is 0.326 e. The molecule has 1 atom stereocenters. The fourth-order valence-corrected chi connectivity index (χ4v) is 0.790. The van der Waals surface area contributed by atoms with Crippen molar-refractivity contribution in [3.05, 3.63) is 12.3 Å². The van der Waals surface area contributed by atoms with Crippen LogP contribution in [-0.2, 0) is 9.59 Å². The number of hydrogen-bond donors (Lipinski definition) is 2. The van der Waals surface area contributed by atoms with Crippen LogP contribution in [-0.4, -0.2) is 23.4 Å². The second-order valence-corrected chi connectivity index (χ2v) is 2.56. The summed E-state index contributed by atoms with van der Waals surface area (Å²) in [6.07, 6.45) is 1.25. The smallest absolute Gasteiger partial charge is 0.326 e. The van der Waals surface area contributed by atoms with Gasteiger partial charge in [0.05, 0.1) is 0 Å². The van der Waals surface area contributed by atoms with Gasteiger partial charge < -0.3 is 15.2 Å². The normalized spacial score (nSPS) is 11.8. The molecular formula is C8H13NO3. The number of carbonyl (C=O) groups is 2. The first-order valence-electron chi connectivity index (χ1n) is 3.66. The third-order valence-corrected chi connectivity index (χ3v) is 1.29. The molecule has 0 rings (SSSR count). The minimum absolute atomic E-state index is 0.247. The SMILES string of the molecule is C=C(C)N[C@@H](CCC=O)C(=O)O. The lowest BCUT2D eigenvalue weighted by atomic mass is 10.1. The van der Waals surface area contributed by atoms with Crippen molar-refractivity contribution in [3.63, 3.8) is 0 Å². The second kappa shape index (κ2) is 5.35. The lowest BCUT2D eigenvalue weighted by molar-refractivity contribution is -0.139. The van der Waals surface area contributed by atoms with Crippen molar-refractivity contribution in [2.45, 2.75) is 25.8 Å². The van der Waals surface area contributed by atoms with E-state index in [1.54, 1.807) is 6.92 Å². The topological polar surface area (TPSA) is 66.4 Å². The van der Waals surface area contributed by atoms with Gasteiger partial charge in [-0.15, -0.1) is 0 Å². The maximum atomic E-state index is 10.5. The van der Waals surface area contributed by atoms with Crippen molar-refractivity contribution in [2.24, 2.45) is 0 Å². The zero-order valence-corrected chi connectivity index (χ0v) is 7.04. The second-order valence-electron chi connectivity index (χ2n) is 2.56. The summed E-state index contributed by atoms with van der Waals surface area (Å²) in [7, 11) is 0. The summed E-state index contributed by atoms with van der Waals surface area (Å²) in [5, 5.41) is 11.3. The van der Waals surface area contributed by atoms with Crippen molar-refractivity contribution >= 4 is 12.3 Å². The van der Waals surface area contributed by atoms with Crippen LogP contribution in [0.15, 0.2) is 12.3 Å². The monoisotopic (exact) mass is 171 g/mol. The van der Waals surface area contributed by atoms with Crippen LogP contribution in [0.3, 0.4) is 0 Å². The van der Waals surface area contributed by atoms with E-state index in [2.05, 4.69) is 11.9 Å². The van der Waals surface area contributed by atoms with E-state index in [-0.39, 0.29) is 6.42 Å². The van der Waals surface area contributed by atoms with Gasteiger partial charge in [0.1, 0.15) is 12.3 Å². The number of carbonyl (C=O) groups excluding carboxylic acids is 1. The van der Waals surface area contributed by atoms with Crippen molar-refractivity contribution in [1.29, 1.82) is 0 Å². The lowest BCUT2D eigenvalue weighted by Gasteiger charge is -2.13. The molecule has 0 radical (unpaired) electrons. The van der Waals surface area contributed by atoms with Crippen LogP contribution < -0.4 is 5.32 Å². The number of carboxylic acids is 1. The van der Waals surface area contributed by atoms with Crippen molar-refractivity contribution in [1.82, 2.24) is 5.32 Å². The maximum absolute atomic E-state index is 10.5. The summed E-state index contributed by atoms with van der Waals surface area (Å²) in [6, 6.07) is -0.701. The summed E-state index contributed by atoms with van der Waals surface area (Å²) in [5.74, 6) is -0.958. The van der Waals surface area contributed by atoms with E-state index in [1.165, 1.54) is 0 Å². The van der Waals surface area contributed by atoms with Crippen molar-refractivity contribution in [3.8, 4) is 0 Å². The third-order valence-electron chi connectivity index (χ3n) is 1.29. The summed E-state index contributed by atoms with van der Waals surface area (Å²) in [4.78, 5) is 20.5. The Morgan fingerprint density at radius 1 is 1.75 bits per heavy atom. The first-order chi connectivity index (χ1) is 5.57. The number of nitrogens with one attached hydrogen (secondary N) is 1. The van der Waals surface area contributed by atoms with Gasteiger partial charge in [-0.25, -0.2) is 4.79 Å². The van der Waals surface area contributed by atoms with Gasteiger partial charge in [0, 0.05) is 12.1 Å². The fourth-order valence-electron chi connectivity index (χ4n) is 0.790. The van der Waals surface area contributed by atoms with Crippen molar-refractivity contribution in [2.75, 3.05) is 0 Å². The Hall–Kier alpha value is -1.32. The molecule has 0 unspecified atom stereocenters. The molecule has 4 nitrogen and oxygen atoms in total. The molecule has 0 saturated carbocycles. The summed E-state index contributed by atoms with van der Waals surface area (Å²) in [6.45, 7) is 5.20. The zero-order chi connectivity index (χ0) is 9.56. The Kier molecular flexibility index (Phi) is 4.76. The average molecular weight is 171 g/mol. The lowest BCUT2D eigenvalue weighted by Crippen LogP contribution is -2.35. The van der Waals surface area contributed by atoms with Crippen LogP contribution in [0.2, 0.25) is 0 Å². The van der Waals surface area contributed by atoms with E-state index in [0.29, 0.717) is 18.4 Å². The molecule has 0 heterocycles. The van der Waals surface area contributed by atoms with E-state index in [0.717, 1.165) is 0 Å². The van der Waals surface area contributed by atoms with Crippen molar-refractivity contribution < 1.29 is 14.7 Å². The highest BCUT2D eigenvalue weighted by Crippen LogP contribution is 1.97. The number of hydrogen-bond acceptors (Lipinski definition) is 3. The largest absolute Gasteiger partial charge is 0.480 e. The molecule has 0 aliphatic rings. The molecule has 0 fully saturated rings. The number of allylic oxidation sites excluding steroid dienone is 1. The summed E-state index contributed by atoms with van der Waals surface area (Å²) < 4.78 is 0. The van der Waals surface area contributed by atoms with Crippen LogP contribution in [0.1, 0.15) is 19.8 Å². The predicted molar refractivity (Wildman–Crippen MR) is 44.7 cm³/mol. The number of aldehydes is 1. The standard InChI is InChI=1S/C8H13NO3/c1-6(2)9-7(8(11)12)4-3-5-10/h5,7,9H,1,3-4H2,2H3,(H,11,12)/t7-/m0/s1. The minimum atomic E-state index is -0.958. The predicted octanol–water partition coefficient (Wildman–Crippen LogP) is 0.542. The molecule has 68 valence electrons. The number of carboxylic acid groups (broad SMARTS) is 1. The highest BCUT2D eigenvalue weighted by Gasteiger charge is 2.15. The molecule has 4 heteroatoms. The molecule has 0 aliphatic heterocycles. The van der Waals surface area contributed by atoms with E-state index < -0.39 is 12.0 Å². The highest BCUT2D eigenvalue weighted by molar-refractivity contribution is 5.74. The molecule has 0 spiro atoms. The molecule has 0 aromatic carbocycles. The summed E-state index contributed by atoms with van der Waals surface area (Å²) in [5.41, 5.74) is 0.591. The summed E-state index contributed by atoms with van der Waals surface area (Å²) >= 11 is 0. The third kappa shape index (κ3) is 4.49. The van der Waals surface area contributed by atoms with E-state index in [4.69, 9.17) is 5.11 Å². The van der Waals surface area contributed by atoms with Crippen LogP contribution in [0.25, 0.3) is 0 Å². The Labute approximate surface area is 71.3 Å². The van der Waals surface area contributed by atoms with Crippen LogP contribution in [0, 0.1) is 0 Å². The minimum Gasteiger partial charge on any atom is -0.480 e. The van der Waals surface area contributed by atoms with Gasteiger partial charge in [-0.05, 0) is 13.3 Å². The van der Waals surface area contributed by atoms with Crippen LogP contribution >= 0.6 is 0 Å². The quantitative estimate of drug-likeness (QED) is 0.572. The van der Waals surface area contributed by atoms with Gasteiger partial charge in [0.2, 0.25) is 0 Å². The molecule has 12 heavy (non-hydrogen) atoms. The van der Waals surface area contributed by atoms with E-state index in [9.17, 15) is 9.59 Å². The molecule has 0 aliphatic carbocycles. The Morgan fingerprint density at radius 3 is 2.67 bits per heavy atom. The Balaban J connectivity index is 3.94. The average Bonchev–Trinajstić information content (AvgIpc) is 1.96. The molecule has 0 aromatic rings. The van der Waals surface area contributed by atoms with E-state index >= 15 is 0 Å². The highest BCUT2D eigenvalue weighted by atomic mass is 16.4. The number of aliphatic carboxylic acids is 1. The molecule has 2 N–H and O–H groups in total. The van der Waals surface area contributed by atoms with Gasteiger partial charge in [-0.3, -0.25) is 0 Å². The molecule has 0 aromatic heterocycles. The Bertz CT molecular complexity index is 189. The van der Waals surface area contributed by atoms with Crippen LogP contribution in [0.4, 0.5) is 0 Å². The molecule has 0 bridgehead atoms. The Morgan fingerprint density at radius 2 is 2.33 bits per heavy atom. The first kappa shape index (κ1) is 10.7. The van der Waals surface area contributed by atoms with Crippen LogP contribution in [0.5, 0.6) is 0 Å².